The number of benzene rings is 4. The molecule has 0 spiro atoms. The highest BCUT2D eigenvalue weighted by Crippen LogP contribution is 2.29. The Balaban J connectivity index is 0.00000289. The van der Waals surface area contributed by atoms with Crippen molar-refractivity contribution in [2.45, 2.75) is 19.6 Å². The smallest absolute Gasteiger partial charge is 0.124 e. The van der Waals surface area contributed by atoms with E-state index in [0.29, 0.717) is 13.2 Å². The van der Waals surface area contributed by atoms with Crippen LogP contribution in [0.1, 0.15) is 16.7 Å². The standard InChI is InChI=1S/C27H26FNO2.ClH/c1-30-24-13-8-20(9-14-24)16-17-29-18-26-25-5-3-2-4-22(25)10-15-27(26)31-19-21-6-11-23(28)12-7-21;/h2-15,29H,16-19H2,1H3;1H. The molecule has 0 saturated carbocycles. The van der Waals surface area contributed by atoms with Crippen LogP contribution >= 0.6 is 12.4 Å². The largest absolute Gasteiger partial charge is 0.497 e. The second kappa shape index (κ2) is 11.5. The van der Waals surface area contributed by atoms with Crippen LogP contribution in [0.4, 0.5) is 4.39 Å². The molecule has 0 atom stereocenters. The lowest BCUT2D eigenvalue weighted by atomic mass is 10.0. The Kier molecular flexibility index (Phi) is 8.48. The van der Waals surface area contributed by atoms with Gasteiger partial charge in [-0.25, -0.2) is 4.39 Å². The number of halogens is 2. The third-order valence-corrected chi connectivity index (χ3v) is 5.36. The summed E-state index contributed by atoms with van der Waals surface area (Å²) in [6, 6.07) is 27.0. The highest BCUT2D eigenvalue weighted by atomic mass is 35.5. The number of nitrogens with one attached hydrogen (secondary N) is 1. The van der Waals surface area contributed by atoms with E-state index in [4.69, 9.17) is 9.47 Å². The van der Waals surface area contributed by atoms with Crippen LogP contribution in [-0.2, 0) is 19.6 Å². The van der Waals surface area contributed by atoms with E-state index in [9.17, 15) is 4.39 Å². The molecule has 0 unspecified atom stereocenters. The maximum absolute atomic E-state index is 13.2. The molecule has 166 valence electrons. The summed E-state index contributed by atoms with van der Waals surface area (Å²) < 4.78 is 24.5. The van der Waals surface area contributed by atoms with Crippen LogP contribution in [0.15, 0.2) is 84.9 Å². The predicted molar refractivity (Wildman–Crippen MR) is 130 cm³/mol. The van der Waals surface area contributed by atoms with E-state index in [1.54, 1.807) is 19.2 Å². The van der Waals surface area contributed by atoms with Gasteiger partial charge in [0.25, 0.3) is 0 Å². The van der Waals surface area contributed by atoms with Crippen LogP contribution in [0.2, 0.25) is 0 Å². The maximum Gasteiger partial charge on any atom is 0.124 e. The Morgan fingerprint density at radius 3 is 2.28 bits per heavy atom. The Morgan fingerprint density at radius 1 is 0.812 bits per heavy atom. The fraction of sp³-hybridized carbons (Fsp3) is 0.185. The van der Waals surface area contributed by atoms with Crippen molar-refractivity contribution in [2.24, 2.45) is 0 Å². The first-order valence-corrected chi connectivity index (χ1v) is 10.4. The second-order valence-corrected chi connectivity index (χ2v) is 7.45. The molecule has 0 bridgehead atoms. The molecule has 1 N–H and O–H groups in total. The number of hydrogen-bond donors (Lipinski definition) is 1. The van der Waals surface area contributed by atoms with Crippen LogP contribution in [-0.4, -0.2) is 13.7 Å². The summed E-state index contributed by atoms with van der Waals surface area (Å²) in [7, 11) is 1.68. The first-order chi connectivity index (χ1) is 15.2. The van der Waals surface area contributed by atoms with Gasteiger partial charge in [-0.1, -0.05) is 54.6 Å². The first-order valence-electron chi connectivity index (χ1n) is 10.4. The number of methoxy groups -OCH3 is 1. The lowest BCUT2D eigenvalue weighted by Crippen LogP contribution is -2.17. The van der Waals surface area contributed by atoms with E-state index in [1.807, 2.05) is 30.3 Å². The third kappa shape index (κ3) is 6.00. The van der Waals surface area contributed by atoms with Gasteiger partial charge in [0.2, 0.25) is 0 Å². The Hall–Kier alpha value is -3.08. The Labute approximate surface area is 194 Å². The van der Waals surface area contributed by atoms with Crippen molar-refractivity contribution in [1.29, 1.82) is 0 Å². The van der Waals surface area contributed by atoms with E-state index in [0.717, 1.165) is 35.6 Å². The van der Waals surface area contributed by atoms with Crippen molar-refractivity contribution in [3.05, 3.63) is 107 Å². The van der Waals surface area contributed by atoms with Gasteiger partial charge in [0.1, 0.15) is 23.9 Å². The summed E-state index contributed by atoms with van der Waals surface area (Å²) in [5, 5.41) is 5.92. The molecule has 0 amide bonds. The number of ether oxygens (including phenoxy) is 2. The molecular formula is C27H27ClFNO2. The van der Waals surface area contributed by atoms with E-state index in [1.165, 1.54) is 28.5 Å². The van der Waals surface area contributed by atoms with Gasteiger partial charge in [-0.05, 0) is 65.2 Å². The van der Waals surface area contributed by atoms with Crippen LogP contribution in [0.25, 0.3) is 10.8 Å². The first kappa shape index (κ1) is 23.6. The minimum absolute atomic E-state index is 0. The van der Waals surface area contributed by atoms with Gasteiger partial charge in [0, 0.05) is 12.1 Å². The highest BCUT2D eigenvalue weighted by Gasteiger charge is 2.09. The molecule has 0 saturated heterocycles. The maximum atomic E-state index is 13.2. The van der Waals surface area contributed by atoms with Crippen LogP contribution in [0.3, 0.4) is 0 Å². The molecular weight excluding hydrogens is 425 g/mol. The summed E-state index contributed by atoms with van der Waals surface area (Å²) in [6.07, 6.45) is 0.931. The summed E-state index contributed by atoms with van der Waals surface area (Å²) in [5.41, 5.74) is 3.34. The lowest BCUT2D eigenvalue weighted by Gasteiger charge is -2.15. The van der Waals surface area contributed by atoms with Gasteiger partial charge in [0.05, 0.1) is 7.11 Å². The Bertz CT molecular complexity index is 1130. The van der Waals surface area contributed by atoms with Gasteiger partial charge < -0.3 is 14.8 Å². The molecule has 32 heavy (non-hydrogen) atoms. The second-order valence-electron chi connectivity index (χ2n) is 7.45. The van der Waals surface area contributed by atoms with Crippen molar-refractivity contribution < 1.29 is 13.9 Å². The van der Waals surface area contributed by atoms with Gasteiger partial charge in [-0.2, -0.15) is 0 Å². The number of hydrogen-bond acceptors (Lipinski definition) is 3. The molecule has 0 heterocycles. The predicted octanol–water partition coefficient (Wildman–Crippen LogP) is 6.32. The average molecular weight is 452 g/mol. The zero-order valence-corrected chi connectivity index (χ0v) is 18.8. The molecule has 4 aromatic carbocycles. The summed E-state index contributed by atoms with van der Waals surface area (Å²) in [6.45, 7) is 1.96. The van der Waals surface area contributed by atoms with Crippen molar-refractivity contribution in [3.63, 3.8) is 0 Å². The molecule has 0 aromatic heterocycles. The molecule has 3 nitrogen and oxygen atoms in total. The third-order valence-electron chi connectivity index (χ3n) is 5.36. The number of fused-ring (bicyclic) bond motifs is 1. The van der Waals surface area contributed by atoms with E-state index < -0.39 is 0 Å². The van der Waals surface area contributed by atoms with Gasteiger partial charge in [-0.3, -0.25) is 0 Å². The van der Waals surface area contributed by atoms with Crippen molar-refractivity contribution in [2.75, 3.05) is 13.7 Å². The fourth-order valence-electron chi connectivity index (χ4n) is 3.61. The molecule has 0 fully saturated rings. The van der Waals surface area contributed by atoms with E-state index in [2.05, 4.69) is 35.6 Å². The summed E-state index contributed by atoms with van der Waals surface area (Å²) >= 11 is 0. The van der Waals surface area contributed by atoms with Crippen molar-refractivity contribution >= 4 is 23.2 Å². The van der Waals surface area contributed by atoms with Gasteiger partial charge >= 0.3 is 0 Å². The quantitative estimate of drug-likeness (QED) is 0.302. The average Bonchev–Trinajstić information content (AvgIpc) is 2.82. The molecule has 4 aromatic rings. The fourth-order valence-corrected chi connectivity index (χ4v) is 3.61. The molecule has 5 heteroatoms. The normalized spacial score (nSPS) is 10.6. The minimum atomic E-state index is -0.240. The van der Waals surface area contributed by atoms with Crippen molar-refractivity contribution in [3.8, 4) is 11.5 Å². The van der Waals surface area contributed by atoms with Crippen LogP contribution in [0, 0.1) is 5.82 Å². The minimum Gasteiger partial charge on any atom is -0.497 e. The summed E-state index contributed by atoms with van der Waals surface area (Å²) in [4.78, 5) is 0. The SMILES string of the molecule is COc1ccc(CCNCc2c(OCc3ccc(F)cc3)ccc3ccccc23)cc1.Cl. The topological polar surface area (TPSA) is 30.5 Å². The monoisotopic (exact) mass is 451 g/mol. The van der Waals surface area contributed by atoms with E-state index in [-0.39, 0.29) is 18.2 Å². The molecule has 0 aliphatic rings. The van der Waals surface area contributed by atoms with Crippen LogP contribution in [0.5, 0.6) is 11.5 Å². The van der Waals surface area contributed by atoms with Crippen molar-refractivity contribution in [1.82, 2.24) is 5.32 Å². The zero-order valence-electron chi connectivity index (χ0n) is 18.0. The molecule has 4 rings (SSSR count). The van der Waals surface area contributed by atoms with Crippen LogP contribution < -0.4 is 14.8 Å². The molecule has 0 aliphatic carbocycles. The summed E-state index contributed by atoms with van der Waals surface area (Å²) in [5.74, 6) is 1.48. The Morgan fingerprint density at radius 2 is 1.53 bits per heavy atom. The molecule has 0 radical (unpaired) electrons. The van der Waals surface area contributed by atoms with E-state index >= 15 is 0 Å². The molecule has 0 aliphatic heterocycles. The number of rotatable bonds is 9. The lowest BCUT2D eigenvalue weighted by molar-refractivity contribution is 0.302. The highest BCUT2D eigenvalue weighted by molar-refractivity contribution is 5.87. The van der Waals surface area contributed by atoms with Gasteiger partial charge in [-0.15, -0.1) is 12.4 Å². The zero-order chi connectivity index (χ0) is 21.5. The van der Waals surface area contributed by atoms with Gasteiger partial charge in [0.15, 0.2) is 0 Å².